The van der Waals surface area contributed by atoms with Gasteiger partial charge in [0.2, 0.25) is 0 Å². The van der Waals surface area contributed by atoms with Crippen molar-refractivity contribution in [1.29, 1.82) is 0 Å². The number of amides is 1. The maximum absolute atomic E-state index is 12.6. The number of aliphatic carboxylic acids is 1. The monoisotopic (exact) mass is 351 g/mol. The van der Waals surface area contributed by atoms with Crippen LogP contribution in [-0.4, -0.2) is 40.8 Å². The zero-order valence-corrected chi connectivity index (χ0v) is 14.6. The first-order valence-electron chi connectivity index (χ1n) is 8.94. The first-order valence-corrected chi connectivity index (χ1v) is 8.94. The van der Waals surface area contributed by atoms with Crippen LogP contribution < -0.4 is 0 Å². The third-order valence-electron chi connectivity index (χ3n) is 5.51. The Morgan fingerprint density at radius 2 is 1.62 bits per heavy atom. The first-order chi connectivity index (χ1) is 12.6. The number of carboxylic acids is 1. The van der Waals surface area contributed by atoms with E-state index in [0.29, 0.717) is 19.4 Å². The lowest BCUT2D eigenvalue weighted by atomic mass is 9.98. The number of hydrogen-bond donors (Lipinski definition) is 1. The van der Waals surface area contributed by atoms with Gasteiger partial charge in [0, 0.05) is 12.5 Å². The molecule has 4 rings (SSSR count). The fourth-order valence-electron chi connectivity index (χ4n) is 4.00. The number of ether oxygens (including phenoxy) is 1. The van der Waals surface area contributed by atoms with Gasteiger partial charge in [0.05, 0.1) is 0 Å². The minimum Gasteiger partial charge on any atom is -0.479 e. The molecule has 1 saturated carbocycles. The predicted octanol–water partition coefficient (Wildman–Crippen LogP) is 3.87. The molecule has 5 heteroatoms. The quantitative estimate of drug-likeness (QED) is 0.888. The normalized spacial score (nSPS) is 16.5. The highest BCUT2D eigenvalue weighted by atomic mass is 16.6. The Morgan fingerprint density at radius 3 is 2.08 bits per heavy atom. The van der Waals surface area contributed by atoms with Crippen LogP contribution in [0.25, 0.3) is 11.1 Å². The van der Waals surface area contributed by atoms with Gasteiger partial charge in [-0.05, 0) is 42.0 Å². The van der Waals surface area contributed by atoms with Crippen LogP contribution in [0.4, 0.5) is 4.79 Å². The summed E-state index contributed by atoms with van der Waals surface area (Å²) in [5, 5.41) is 9.44. The van der Waals surface area contributed by atoms with E-state index in [-0.39, 0.29) is 12.5 Å². The molecule has 2 aromatic rings. The lowest BCUT2D eigenvalue weighted by molar-refractivity contribution is -0.144. The maximum atomic E-state index is 12.6. The summed E-state index contributed by atoms with van der Waals surface area (Å²) >= 11 is 0. The number of benzene rings is 2. The summed E-state index contributed by atoms with van der Waals surface area (Å²) in [5.41, 5.74) is 3.55. The van der Waals surface area contributed by atoms with Gasteiger partial charge in [0.25, 0.3) is 0 Å². The molecule has 0 unspecified atom stereocenters. The molecule has 5 nitrogen and oxygen atoms in total. The maximum Gasteiger partial charge on any atom is 0.410 e. The molecular formula is C21H21NO4. The summed E-state index contributed by atoms with van der Waals surface area (Å²) in [6.45, 7) is 2.31. The molecule has 0 radical (unpaired) electrons. The lowest BCUT2D eigenvalue weighted by Crippen LogP contribution is -2.47. The number of carbonyl (C=O) groups is 2. The van der Waals surface area contributed by atoms with Gasteiger partial charge >= 0.3 is 12.1 Å². The molecule has 26 heavy (non-hydrogen) atoms. The summed E-state index contributed by atoms with van der Waals surface area (Å²) in [7, 11) is 0. The van der Waals surface area contributed by atoms with Crippen LogP contribution in [-0.2, 0) is 9.53 Å². The van der Waals surface area contributed by atoms with Gasteiger partial charge in [-0.25, -0.2) is 9.59 Å². The topological polar surface area (TPSA) is 66.8 Å². The van der Waals surface area contributed by atoms with Crippen molar-refractivity contribution in [2.45, 2.75) is 31.2 Å². The molecule has 0 atom stereocenters. The molecule has 1 N–H and O–H groups in total. The summed E-state index contributed by atoms with van der Waals surface area (Å²) in [6.07, 6.45) is 0.426. The fourth-order valence-corrected chi connectivity index (χ4v) is 4.00. The van der Waals surface area contributed by atoms with Crippen molar-refractivity contribution in [1.82, 2.24) is 4.90 Å². The fraction of sp³-hybridized carbons (Fsp3) is 0.333. The van der Waals surface area contributed by atoms with Crippen molar-refractivity contribution >= 4 is 12.1 Å². The minimum atomic E-state index is -1.07. The molecule has 1 fully saturated rings. The number of carboxylic acid groups (broad SMARTS) is 1. The largest absolute Gasteiger partial charge is 0.479 e. The molecule has 0 aliphatic heterocycles. The Kier molecular flexibility index (Phi) is 3.94. The van der Waals surface area contributed by atoms with Gasteiger partial charge in [-0.1, -0.05) is 48.5 Å². The second kappa shape index (κ2) is 6.16. The molecule has 0 saturated heterocycles. The predicted molar refractivity (Wildman–Crippen MR) is 97.0 cm³/mol. The molecule has 0 aromatic heterocycles. The highest BCUT2D eigenvalue weighted by Crippen LogP contribution is 2.45. The van der Waals surface area contributed by atoms with E-state index in [1.54, 1.807) is 6.92 Å². The number of nitrogens with zero attached hydrogens (tertiary/aromatic N) is 1. The standard InChI is InChI=1S/C21H21NO4/c1-2-22(21(11-12-21)19(23)24)20(25)26-13-18-16-9-5-3-7-14(16)15-8-4-6-10-17(15)18/h3-10,18H,2,11-13H2,1H3,(H,23,24). The average molecular weight is 351 g/mol. The van der Waals surface area contributed by atoms with Gasteiger partial charge in [-0.3, -0.25) is 4.90 Å². The van der Waals surface area contributed by atoms with Crippen LogP contribution in [0.1, 0.15) is 36.8 Å². The van der Waals surface area contributed by atoms with E-state index in [0.717, 1.165) is 11.1 Å². The molecule has 2 aliphatic rings. The Morgan fingerprint density at radius 1 is 1.08 bits per heavy atom. The minimum absolute atomic E-state index is 0.0231. The Hall–Kier alpha value is -2.82. The van der Waals surface area contributed by atoms with E-state index in [4.69, 9.17) is 4.74 Å². The van der Waals surface area contributed by atoms with Crippen LogP contribution in [0.3, 0.4) is 0 Å². The molecule has 0 heterocycles. The Labute approximate surface area is 152 Å². The molecule has 134 valence electrons. The smallest absolute Gasteiger partial charge is 0.410 e. The van der Waals surface area contributed by atoms with Crippen molar-refractivity contribution < 1.29 is 19.4 Å². The third-order valence-corrected chi connectivity index (χ3v) is 5.51. The van der Waals surface area contributed by atoms with E-state index in [2.05, 4.69) is 24.3 Å². The zero-order valence-electron chi connectivity index (χ0n) is 14.6. The van der Waals surface area contributed by atoms with Gasteiger partial charge in [-0.15, -0.1) is 0 Å². The van der Waals surface area contributed by atoms with Gasteiger partial charge in [0.15, 0.2) is 0 Å². The third kappa shape index (κ3) is 2.46. The summed E-state index contributed by atoms with van der Waals surface area (Å²) in [5.74, 6) is -0.974. The zero-order chi connectivity index (χ0) is 18.3. The van der Waals surface area contributed by atoms with Gasteiger partial charge in [-0.2, -0.15) is 0 Å². The molecule has 2 aromatic carbocycles. The molecule has 0 bridgehead atoms. The SMILES string of the molecule is CCN(C(=O)OCC1c2ccccc2-c2ccccc21)C1(C(=O)O)CC1. The van der Waals surface area contributed by atoms with Crippen LogP contribution in [0.5, 0.6) is 0 Å². The van der Waals surface area contributed by atoms with Crippen LogP contribution in [0, 0.1) is 0 Å². The second-order valence-corrected chi connectivity index (χ2v) is 6.88. The van der Waals surface area contributed by atoms with Gasteiger partial charge < -0.3 is 9.84 Å². The molecule has 1 amide bonds. The average Bonchev–Trinajstić information content (AvgIpc) is 3.39. The second-order valence-electron chi connectivity index (χ2n) is 6.88. The summed E-state index contributed by atoms with van der Waals surface area (Å²) in [6, 6.07) is 16.3. The van der Waals surface area contributed by atoms with Crippen molar-refractivity contribution in [2.75, 3.05) is 13.2 Å². The number of carbonyl (C=O) groups excluding carboxylic acids is 1. The van der Waals surface area contributed by atoms with E-state index in [1.807, 2.05) is 24.3 Å². The van der Waals surface area contributed by atoms with Gasteiger partial charge in [0.1, 0.15) is 12.1 Å². The van der Waals surface area contributed by atoms with Crippen LogP contribution in [0.2, 0.25) is 0 Å². The van der Waals surface area contributed by atoms with E-state index >= 15 is 0 Å². The number of fused-ring (bicyclic) bond motifs is 3. The molecule has 0 spiro atoms. The van der Waals surface area contributed by atoms with Crippen LogP contribution in [0.15, 0.2) is 48.5 Å². The number of hydrogen-bond acceptors (Lipinski definition) is 3. The van der Waals surface area contributed by atoms with Crippen molar-refractivity contribution in [3.8, 4) is 11.1 Å². The molecule has 2 aliphatic carbocycles. The lowest BCUT2D eigenvalue weighted by Gasteiger charge is -2.27. The first kappa shape index (κ1) is 16.6. The van der Waals surface area contributed by atoms with E-state index in [1.165, 1.54) is 16.0 Å². The van der Waals surface area contributed by atoms with E-state index < -0.39 is 17.6 Å². The Bertz CT molecular complexity index is 826. The van der Waals surface area contributed by atoms with Crippen molar-refractivity contribution in [2.24, 2.45) is 0 Å². The molecular weight excluding hydrogens is 330 g/mol. The van der Waals surface area contributed by atoms with Crippen molar-refractivity contribution in [3.63, 3.8) is 0 Å². The highest BCUT2D eigenvalue weighted by molar-refractivity contribution is 5.87. The van der Waals surface area contributed by atoms with E-state index in [9.17, 15) is 14.7 Å². The number of rotatable bonds is 5. The van der Waals surface area contributed by atoms with Crippen LogP contribution >= 0.6 is 0 Å². The van der Waals surface area contributed by atoms with Crippen molar-refractivity contribution in [3.05, 3.63) is 59.7 Å². The number of likely N-dealkylation sites (N-methyl/N-ethyl adjacent to an activating group) is 1. The summed E-state index contributed by atoms with van der Waals surface area (Å²) in [4.78, 5) is 25.5. The summed E-state index contributed by atoms with van der Waals surface area (Å²) < 4.78 is 5.59. The Balaban J connectivity index is 1.55. The highest BCUT2D eigenvalue weighted by Gasteiger charge is 2.57.